The molecule has 0 unspecified atom stereocenters. The number of ether oxygens (including phenoxy) is 1. The van der Waals surface area contributed by atoms with Crippen LogP contribution in [0.25, 0.3) is 16.6 Å². The van der Waals surface area contributed by atoms with Crippen LogP contribution in [-0.4, -0.2) is 30.1 Å². The molecule has 4 aromatic heterocycles. The largest absolute Gasteiger partial charge is 0.383 e. The molecule has 0 bridgehead atoms. The second-order valence-electron chi connectivity index (χ2n) is 8.76. The normalized spacial score (nSPS) is 13.0. The highest BCUT2D eigenvalue weighted by Gasteiger charge is 2.26. The molecule has 10 heteroatoms. The Morgan fingerprint density at radius 2 is 2.00 bits per heavy atom. The fraction of sp³-hybridized carbons (Fsp3) is 0.200. The number of aromatic nitrogens is 5. The topological polar surface area (TPSA) is 104 Å². The van der Waals surface area contributed by atoms with Gasteiger partial charge in [0.25, 0.3) is 5.91 Å². The van der Waals surface area contributed by atoms with E-state index in [1.165, 1.54) is 11.0 Å². The molecule has 0 radical (unpaired) electrons. The summed E-state index contributed by atoms with van der Waals surface area (Å²) >= 11 is 0. The Labute approximate surface area is 199 Å². The van der Waals surface area contributed by atoms with E-state index in [4.69, 9.17) is 10.5 Å². The lowest BCUT2D eigenvalue weighted by atomic mass is 10.0. The van der Waals surface area contributed by atoms with E-state index in [1.807, 2.05) is 35.9 Å². The summed E-state index contributed by atoms with van der Waals surface area (Å²) in [6.07, 6.45) is 7.12. The fourth-order valence-electron chi connectivity index (χ4n) is 4.52. The number of aryl methyl sites for hydroxylation is 2. The molecule has 0 fully saturated rings. The van der Waals surface area contributed by atoms with Gasteiger partial charge in [0.15, 0.2) is 0 Å². The maximum atomic E-state index is 15.3. The number of halogens is 1. The van der Waals surface area contributed by atoms with E-state index < -0.39 is 11.7 Å². The number of hydrogen-bond donors (Lipinski definition) is 1. The lowest BCUT2D eigenvalue weighted by molar-refractivity contribution is 0.0981. The van der Waals surface area contributed by atoms with Crippen LogP contribution in [0.4, 0.5) is 15.9 Å². The van der Waals surface area contributed by atoms with Crippen molar-refractivity contribution < 1.29 is 13.9 Å². The minimum Gasteiger partial charge on any atom is -0.383 e. The number of pyridine rings is 2. The molecule has 1 aliphatic heterocycles. The van der Waals surface area contributed by atoms with E-state index >= 15 is 4.39 Å². The second kappa shape index (κ2) is 7.88. The Bertz CT molecular complexity index is 1640. The summed E-state index contributed by atoms with van der Waals surface area (Å²) in [6.45, 7) is 2.83. The molecule has 5 heterocycles. The van der Waals surface area contributed by atoms with Gasteiger partial charge < -0.3 is 14.9 Å². The van der Waals surface area contributed by atoms with E-state index in [9.17, 15) is 4.79 Å². The quantitative estimate of drug-likeness (QED) is 0.430. The Kier molecular flexibility index (Phi) is 4.78. The first kappa shape index (κ1) is 21.2. The van der Waals surface area contributed by atoms with Crippen molar-refractivity contribution in [3.05, 3.63) is 82.8 Å². The molecular formula is C25H22FN7O2. The average Bonchev–Trinajstić information content (AvgIpc) is 3.56. The molecule has 176 valence electrons. The predicted molar refractivity (Wildman–Crippen MR) is 128 cm³/mol. The molecule has 0 spiro atoms. The highest BCUT2D eigenvalue weighted by atomic mass is 19.1. The third-order valence-corrected chi connectivity index (χ3v) is 6.27. The number of imidazole rings is 1. The molecule has 0 saturated heterocycles. The molecule has 1 aromatic carbocycles. The summed E-state index contributed by atoms with van der Waals surface area (Å²) < 4.78 is 24.3. The van der Waals surface area contributed by atoms with Gasteiger partial charge >= 0.3 is 0 Å². The van der Waals surface area contributed by atoms with Crippen LogP contribution in [-0.2, 0) is 31.5 Å². The van der Waals surface area contributed by atoms with E-state index in [2.05, 4.69) is 15.1 Å². The van der Waals surface area contributed by atoms with Crippen molar-refractivity contribution in [2.45, 2.75) is 26.7 Å². The van der Waals surface area contributed by atoms with Crippen LogP contribution in [0, 0.1) is 12.7 Å². The zero-order valence-corrected chi connectivity index (χ0v) is 19.2. The van der Waals surface area contributed by atoms with E-state index in [0.717, 1.165) is 22.3 Å². The first-order chi connectivity index (χ1) is 16.9. The van der Waals surface area contributed by atoms with Gasteiger partial charge in [0, 0.05) is 42.7 Å². The maximum Gasteiger partial charge on any atom is 0.261 e. The highest BCUT2D eigenvalue weighted by molar-refractivity contribution is 6.08. The SMILES string of the molecule is Cc1ccc2nc(CN(C(=O)c3cc4c5c(c(N)nc4cc3F)COC5)c3cnn(C)c3)cn2c1. The predicted octanol–water partition coefficient (Wildman–Crippen LogP) is 3.52. The molecule has 9 nitrogen and oxygen atoms in total. The van der Waals surface area contributed by atoms with Crippen LogP contribution in [0.3, 0.4) is 0 Å². The summed E-state index contributed by atoms with van der Waals surface area (Å²) in [7, 11) is 1.76. The Hall–Kier alpha value is -4.31. The number of benzene rings is 1. The summed E-state index contributed by atoms with van der Waals surface area (Å²) in [6, 6.07) is 6.69. The fourth-order valence-corrected chi connectivity index (χ4v) is 4.52. The summed E-state index contributed by atoms with van der Waals surface area (Å²) in [4.78, 5) is 24.2. The van der Waals surface area contributed by atoms with Gasteiger partial charge in [0.05, 0.1) is 48.4 Å². The van der Waals surface area contributed by atoms with Crippen LogP contribution >= 0.6 is 0 Å². The van der Waals surface area contributed by atoms with Crippen molar-refractivity contribution in [3.8, 4) is 0 Å². The summed E-state index contributed by atoms with van der Waals surface area (Å²) in [5.74, 6) is -0.856. The van der Waals surface area contributed by atoms with Crippen LogP contribution in [0.5, 0.6) is 0 Å². The number of carbonyl (C=O) groups excluding carboxylic acids is 1. The average molecular weight is 471 g/mol. The molecule has 0 aliphatic carbocycles. The number of nitrogen functional groups attached to an aromatic ring is 1. The zero-order chi connectivity index (χ0) is 24.3. The van der Waals surface area contributed by atoms with Gasteiger partial charge in [-0.1, -0.05) is 6.07 Å². The molecule has 1 amide bonds. The van der Waals surface area contributed by atoms with Crippen molar-refractivity contribution in [1.82, 2.24) is 24.1 Å². The van der Waals surface area contributed by atoms with Crippen molar-refractivity contribution in [3.63, 3.8) is 0 Å². The van der Waals surface area contributed by atoms with Gasteiger partial charge in [-0.05, 0) is 30.2 Å². The summed E-state index contributed by atoms with van der Waals surface area (Å²) in [5, 5.41) is 4.86. The standard InChI is InChI=1S/C25H22FN7O2/c1-14-3-4-23-29-15(9-32(23)8-14)10-33(16-7-28-31(2)11-16)25(34)18-5-17-19-12-35-13-20(19)24(27)30-22(17)6-21(18)26/h3-9,11H,10,12-13H2,1-2H3,(H2,27,30). The van der Waals surface area contributed by atoms with Crippen molar-refractivity contribution in [2.24, 2.45) is 7.05 Å². The number of carbonyl (C=O) groups is 1. The van der Waals surface area contributed by atoms with Crippen LogP contribution < -0.4 is 10.6 Å². The van der Waals surface area contributed by atoms with Gasteiger partial charge in [-0.2, -0.15) is 5.10 Å². The smallest absolute Gasteiger partial charge is 0.261 e. The number of anilines is 2. The second-order valence-corrected chi connectivity index (χ2v) is 8.76. The molecule has 5 aromatic rings. The third-order valence-electron chi connectivity index (χ3n) is 6.27. The monoisotopic (exact) mass is 471 g/mol. The molecule has 2 N–H and O–H groups in total. The van der Waals surface area contributed by atoms with E-state index in [-0.39, 0.29) is 12.1 Å². The number of nitrogens with zero attached hydrogens (tertiary/aromatic N) is 6. The number of rotatable bonds is 4. The van der Waals surface area contributed by atoms with Gasteiger partial charge in [0.1, 0.15) is 17.3 Å². The van der Waals surface area contributed by atoms with Gasteiger partial charge in [-0.3, -0.25) is 14.4 Å². The number of amides is 1. The van der Waals surface area contributed by atoms with Gasteiger partial charge in [-0.25, -0.2) is 14.4 Å². The van der Waals surface area contributed by atoms with Gasteiger partial charge in [-0.15, -0.1) is 0 Å². The number of nitrogens with two attached hydrogens (primary N) is 1. The van der Waals surface area contributed by atoms with E-state index in [0.29, 0.717) is 41.3 Å². The molecule has 0 saturated carbocycles. The lowest BCUT2D eigenvalue weighted by Crippen LogP contribution is -2.31. The van der Waals surface area contributed by atoms with Crippen LogP contribution in [0.1, 0.15) is 32.7 Å². The first-order valence-electron chi connectivity index (χ1n) is 11.1. The zero-order valence-electron chi connectivity index (χ0n) is 19.2. The third kappa shape index (κ3) is 3.58. The van der Waals surface area contributed by atoms with Gasteiger partial charge in [0.2, 0.25) is 0 Å². The molecule has 1 aliphatic rings. The lowest BCUT2D eigenvalue weighted by Gasteiger charge is -2.21. The molecule has 0 atom stereocenters. The highest BCUT2D eigenvalue weighted by Crippen LogP contribution is 2.33. The number of fused-ring (bicyclic) bond motifs is 4. The Balaban J connectivity index is 1.45. The summed E-state index contributed by atoms with van der Waals surface area (Å²) in [5.41, 5.74) is 11.0. The molecular weight excluding hydrogens is 449 g/mol. The van der Waals surface area contributed by atoms with Crippen molar-refractivity contribution in [1.29, 1.82) is 0 Å². The van der Waals surface area contributed by atoms with Crippen LogP contribution in [0.15, 0.2) is 49.1 Å². The van der Waals surface area contributed by atoms with Crippen LogP contribution in [0.2, 0.25) is 0 Å². The minimum absolute atomic E-state index is 0.0679. The van der Waals surface area contributed by atoms with E-state index in [1.54, 1.807) is 30.2 Å². The Morgan fingerprint density at radius 1 is 1.17 bits per heavy atom. The number of hydrogen-bond acceptors (Lipinski definition) is 6. The molecule has 35 heavy (non-hydrogen) atoms. The Morgan fingerprint density at radius 3 is 2.80 bits per heavy atom. The minimum atomic E-state index is -0.673. The molecule has 6 rings (SSSR count). The van der Waals surface area contributed by atoms with Crippen molar-refractivity contribution in [2.75, 3.05) is 10.6 Å². The maximum absolute atomic E-state index is 15.3. The van der Waals surface area contributed by atoms with Crippen molar-refractivity contribution >= 4 is 34.0 Å². The first-order valence-corrected chi connectivity index (χ1v) is 11.1.